The number of nitrogens with zero attached hydrogens (tertiary/aromatic N) is 8. The first kappa shape index (κ1) is 53.7. The molecule has 0 unspecified atom stereocenters. The third-order valence-corrected chi connectivity index (χ3v) is 15.5. The molecule has 16 rings (SSSR count). The first-order valence-corrected chi connectivity index (χ1v) is 27.3. The molecular weight excluding hydrogens is 1390 g/mol. The fraction of sp³-hybridized carbons (Fsp3) is 0.0270. The molecule has 10 heteroatoms. The molecule has 16 aromatic rings. The topological polar surface area (TPSA) is 71.3 Å². The van der Waals surface area contributed by atoms with Crippen molar-refractivity contribution < 1.29 is 42.1 Å². The number of fused-ring (bicyclic) bond motifs is 8. The van der Waals surface area contributed by atoms with Crippen LogP contribution >= 0.6 is 0 Å². The summed E-state index contributed by atoms with van der Waals surface area (Å²) in [5.74, 6) is 1.77. The SMILES string of the molecule is Cn1c(-c2[c-]c3c(cc2)c2cc(-c4ccccc4)ccc2n3-c2[c-]c(-c3ccccn3)ccc2)nc2ccccc21.Cn1c(-c2[c-]c3c(cc2)c2ccccc2n3-c2[c-]c(-c3ccccn3)ccc2)nc2cccc(-c3ccccc3)c21.[Pt+2].[Pt+2]. The normalized spacial score (nSPS) is 11.3. The predicted octanol–water partition coefficient (Wildman–Crippen LogP) is 17.3. The molecule has 6 aromatic heterocycles. The molecule has 0 aliphatic rings. The molecule has 84 heavy (non-hydrogen) atoms. The van der Waals surface area contributed by atoms with Crippen LogP contribution in [0.2, 0.25) is 0 Å². The first-order chi connectivity index (χ1) is 40.5. The van der Waals surface area contributed by atoms with Gasteiger partial charge in [-0.25, -0.2) is 0 Å². The number of benzene rings is 10. The van der Waals surface area contributed by atoms with Gasteiger partial charge >= 0.3 is 42.1 Å². The summed E-state index contributed by atoms with van der Waals surface area (Å²) >= 11 is 0. The number of hydrogen-bond acceptors (Lipinski definition) is 4. The molecule has 0 atom stereocenters. The van der Waals surface area contributed by atoms with Gasteiger partial charge in [-0.1, -0.05) is 150 Å². The van der Waals surface area contributed by atoms with Crippen LogP contribution in [0.4, 0.5) is 0 Å². The number of imidazole rings is 2. The Bertz CT molecular complexity index is 5070. The zero-order chi connectivity index (χ0) is 54.7. The van der Waals surface area contributed by atoms with Crippen LogP contribution in [0.3, 0.4) is 0 Å². The minimum absolute atomic E-state index is 0. The van der Waals surface area contributed by atoms with Crippen LogP contribution in [0.25, 0.3) is 145 Å². The third kappa shape index (κ3) is 9.48. The van der Waals surface area contributed by atoms with Gasteiger partial charge in [0.1, 0.15) is 0 Å². The fourth-order valence-electron chi connectivity index (χ4n) is 11.7. The van der Waals surface area contributed by atoms with Gasteiger partial charge in [0.05, 0.1) is 33.7 Å². The smallest absolute Gasteiger partial charge is 0.367 e. The van der Waals surface area contributed by atoms with Crippen molar-refractivity contribution in [2.75, 3.05) is 0 Å². The average Bonchev–Trinajstić information content (AvgIpc) is 3.95. The maximum absolute atomic E-state index is 5.09. The van der Waals surface area contributed by atoms with E-state index in [2.05, 4.69) is 255 Å². The summed E-state index contributed by atoms with van der Waals surface area (Å²) in [6.45, 7) is 0. The van der Waals surface area contributed by atoms with Crippen LogP contribution in [0, 0.1) is 24.3 Å². The van der Waals surface area contributed by atoms with Crippen molar-refractivity contribution in [1.29, 1.82) is 0 Å². The Kier molecular flexibility index (Phi) is 14.5. The Labute approximate surface area is 514 Å². The van der Waals surface area contributed by atoms with Crippen molar-refractivity contribution in [2.24, 2.45) is 14.1 Å². The van der Waals surface area contributed by atoms with Crippen LogP contribution in [0.1, 0.15) is 0 Å². The van der Waals surface area contributed by atoms with Crippen LogP contribution in [-0.2, 0) is 56.2 Å². The van der Waals surface area contributed by atoms with E-state index in [0.717, 1.165) is 112 Å². The van der Waals surface area contributed by atoms with Gasteiger partial charge in [-0.2, -0.15) is 0 Å². The summed E-state index contributed by atoms with van der Waals surface area (Å²) in [6, 6.07) is 98.6. The van der Waals surface area contributed by atoms with E-state index >= 15 is 0 Å². The Hall–Kier alpha value is -9.58. The van der Waals surface area contributed by atoms with Gasteiger partial charge < -0.3 is 28.2 Å². The Morgan fingerprint density at radius 3 is 1.46 bits per heavy atom. The molecule has 0 amide bonds. The molecule has 0 bridgehead atoms. The van der Waals surface area contributed by atoms with Gasteiger partial charge in [-0.3, -0.25) is 9.97 Å². The minimum Gasteiger partial charge on any atom is -0.367 e. The molecule has 0 spiro atoms. The summed E-state index contributed by atoms with van der Waals surface area (Å²) in [4.78, 5) is 19.2. The molecule has 0 saturated heterocycles. The molecule has 0 N–H and O–H groups in total. The van der Waals surface area contributed by atoms with E-state index in [0.29, 0.717) is 0 Å². The standard InChI is InChI=1S/2C37H24N4.2Pt/c1-40-36-29(25-11-3-2-4-12-25)16-10-18-33(36)39-37(40)27-20-21-31-30-15-5-6-19-34(30)41(35(31)24-27)28-14-9-13-26(23-28)32-17-7-8-22-38-32;1-40-35-16-6-5-15-33(35)39-37(40)28-17-19-30-31-23-26(25-10-3-2-4-11-25)18-20-34(31)41(36(30)24-28)29-13-9-12-27(22-29)32-14-7-8-21-38-32;;/h2-22H,1H3;2-21,23H,1H3;;/q2*-2;2*+2. The largest absolute Gasteiger partial charge is 2.00 e. The molecule has 0 aliphatic carbocycles. The number of aryl methyl sites for hydroxylation is 2. The maximum Gasteiger partial charge on any atom is 2.00 e. The van der Waals surface area contributed by atoms with Gasteiger partial charge in [0.2, 0.25) is 0 Å². The minimum atomic E-state index is 0. The number of hydrogen-bond donors (Lipinski definition) is 0. The molecule has 0 aliphatic heterocycles. The summed E-state index contributed by atoms with van der Waals surface area (Å²) in [6.07, 6.45) is 3.63. The van der Waals surface area contributed by atoms with E-state index in [1.54, 1.807) is 0 Å². The van der Waals surface area contributed by atoms with Crippen molar-refractivity contribution in [3.63, 3.8) is 0 Å². The molecular formula is C74H48N8Pt2. The van der Waals surface area contributed by atoms with Crippen molar-refractivity contribution in [1.82, 2.24) is 38.2 Å². The van der Waals surface area contributed by atoms with Crippen LogP contribution in [0.15, 0.2) is 255 Å². The van der Waals surface area contributed by atoms with E-state index in [-0.39, 0.29) is 42.1 Å². The van der Waals surface area contributed by atoms with Crippen molar-refractivity contribution in [3.8, 4) is 78.9 Å². The summed E-state index contributed by atoms with van der Waals surface area (Å²) in [5.41, 5.74) is 20.5. The quantitative estimate of drug-likeness (QED) is 0.142. The molecule has 0 fully saturated rings. The van der Waals surface area contributed by atoms with Gasteiger partial charge in [0.25, 0.3) is 0 Å². The summed E-state index contributed by atoms with van der Waals surface area (Å²) in [5, 5.41) is 4.63. The molecule has 0 radical (unpaired) electrons. The zero-order valence-corrected chi connectivity index (χ0v) is 50.0. The third-order valence-electron chi connectivity index (χ3n) is 15.5. The van der Waals surface area contributed by atoms with E-state index in [9.17, 15) is 0 Å². The maximum atomic E-state index is 5.09. The Morgan fingerprint density at radius 2 is 0.845 bits per heavy atom. The Morgan fingerprint density at radius 1 is 0.333 bits per heavy atom. The van der Waals surface area contributed by atoms with Gasteiger partial charge in [-0.15, -0.1) is 107 Å². The number of rotatable bonds is 8. The second kappa shape index (κ2) is 22.6. The predicted molar refractivity (Wildman–Crippen MR) is 334 cm³/mol. The first-order valence-electron chi connectivity index (χ1n) is 27.3. The average molecular weight is 1440 g/mol. The summed E-state index contributed by atoms with van der Waals surface area (Å²) in [7, 11) is 4.16. The molecule has 6 heterocycles. The van der Waals surface area contributed by atoms with Crippen molar-refractivity contribution in [3.05, 3.63) is 279 Å². The van der Waals surface area contributed by atoms with E-state index < -0.39 is 0 Å². The Balaban J connectivity index is 0.000000153. The molecule has 8 nitrogen and oxygen atoms in total. The van der Waals surface area contributed by atoms with Crippen molar-refractivity contribution >= 4 is 65.7 Å². The van der Waals surface area contributed by atoms with Gasteiger partial charge in [0.15, 0.2) is 0 Å². The van der Waals surface area contributed by atoms with E-state index in [1.165, 1.54) is 33.0 Å². The van der Waals surface area contributed by atoms with Gasteiger partial charge in [0, 0.05) is 43.1 Å². The zero-order valence-electron chi connectivity index (χ0n) is 45.5. The van der Waals surface area contributed by atoms with Crippen LogP contribution < -0.4 is 0 Å². The molecule has 0 saturated carbocycles. The molecule has 404 valence electrons. The van der Waals surface area contributed by atoms with Gasteiger partial charge in [-0.05, 0) is 104 Å². The van der Waals surface area contributed by atoms with E-state index in [4.69, 9.17) is 9.97 Å². The van der Waals surface area contributed by atoms with Crippen LogP contribution in [0.5, 0.6) is 0 Å². The number of pyridine rings is 2. The summed E-state index contributed by atoms with van der Waals surface area (Å²) < 4.78 is 8.84. The fourth-order valence-corrected chi connectivity index (χ4v) is 11.7. The second-order valence-electron chi connectivity index (χ2n) is 20.4. The second-order valence-corrected chi connectivity index (χ2v) is 20.4. The monoisotopic (exact) mass is 1440 g/mol. The number of aromatic nitrogens is 8. The van der Waals surface area contributed by atoms with Crippen molar-refractivity contribution in [2.45, 2.75) is 0 Å². The number of para-hydroxylation sites is 4. The van der Waals surface area contributed by atoms with Crippen LogP contribution in [-0.4, -0.2) is 38.2 Å². The molecule has 10 aromatic carbocycles. The van der Waals surface area contributed by atoms with E-state index in [1.807, 2.05) is 67.0 Å².